The molecule has 1 aliphatic rings. The van der Waals surface area contributed by atoms with Crippen LogP contribution in [0.3, 0.4) is 0 Å². The van der Waals surface area contributed by atoms with Crippen molar-refractivity contribution < 1.29 is 31.2 Å². The van der Waals surface area contributed by atoms with Crippen LogP contribution in [0, 0.1) is 10.1 Å². The summed E-state index contributed by atoms with van der Waals surface area (Å²) >= 11 is 0. The van der Waals surface area contributed by atoms with Crippen molar-refractivity contribution in [3.63, 3.8) is 0 Å². The molecule has 0 bridgehead atoms. The summed E-state index contributed by atoms with van der Waals surface area (Å²) in [5, 5.41) is 10.7. The van der Waals surface area contributed by atoms with E-state index in [0.717, 1.165) is 6.07 Å². The standard InChI is InChI=1S/C11H11NO8S/c1-7(13)10-4-8(12(14)15)2-3-11(10)18-5-9-6-19-21(16,17)20-9/h2-4,9H,5-6H2,1H3/t9-/m1/s1. The molecule has 0 saturated carbocycles. The van der Waals surface area contributed by atoms with Crippen LogP contribution in [0.2, 0.25) is 0 Å². The summed E-state index contributed by atoms with van der Waals surface area (Å²) in [4.78, 5) is 21.5. The average molecular weight is 317 g/mol. The van der Waals surface area contributed by atoms with Gasteiger partial charge in [0.05, 0.1) is 17.1 Å². The van der Waals surface area contributed by atoms with E-state index in [-0.39, 0.29) is 30.2 Å². The molecule has 0 N–H and O–H groups in total. The summed E-state index contributed by atoms with van der Waals surface area (Å²) in [5.41, 5.74) is -0.207. The van der Waals surface area contributed by atoms with Crippen LogP contribution >= 0.6 is 0 Å². The lowest BCUT2D eigenvalue weighted by Gasteiger charge is -2.11. The van der Waals surface area contributed by atoms with E-state index >= 15 is 0 Å². The van der Waals surface area contributed by atoms with E-state index in [9.17, 15) is 23.3 Å². The molecule has 114 valence electrons. The number of nitro groups is 1. The van der Waals surface area contributed by atoms with Gasteiger partial charge in [-0.25, -0.2) is 8.37 Å². The molecule has 1 aromatic rings. The van der Waals surface area contributed by atoms with E-state index in [1.807, 2.05) is 0 Å². The second kappa shape index (κ2) is 5.76. The molecule has 0 unspecified atom stereocenters. The molecule has 10 heteroatoms. The van der Waals surface area contributed by atoms with Gasteiger partial charge in [0.1, 0.15) is 18.5 Å². The number of carbonyl (C=O) groups is 1. The van der Waals surface area contributed by atoms with E-state index in [0.29, 0.717) is 0 Å². The minimum absolute atomic E-state index is 0.0333. The number of hydrogen-bond acceptors (Lipinski definition) is 8. The summed E-state index contributed by atoms with van der Waals surface area (Å²) < 4.78 is 36.1. The highest BCUT2D eigenvalue weighted by molar-refractivity contribution is 7.82. The van der Waals surface area contributed by atoms with Crippen molar-refractivity contribution in [1.29, 1.82) is 0 Å². The number of Topliss-reactive ketones (excluding diaryl/α,β-unsaturated/α-hetero) is 1. The maximum Gasteiger partial charge on any atom is 0.400 e. The smallest absolute Gasteiger partial charge is 0.400 e. The normalized spacial score (nSPS) is 20.1. The van der Waals surface area contributed by atoms with Crippen LogP contribution in [0.1, 0.15) is 17.3 Å². The van der Waals surface area contributed by atoms with Crippen LogP contribution in [-0.2, 0) is 18.8 Å². The first-order chi connectivity index (χ1) is 9.78. The van der Waals surface area contributed by atoms with Gasteiger partial charge in [0, 0.05) is 12.1 Å². The summed E-state index contributed by atoms with van der Waals surface area (Å²) in [6, 6.07) is 3.56. The van der Waals surface area contributed by atoms with Gasteiger partial charge in [-0.3, -0.25) is 14.9 Å². The number of nitro benzene ring substituents is 1. The van der Waals surface area contributed by atoms with E-state index < -0.39 is 27.2 Å². The fraction of sp³-hybridized carbons (Fsp3) is 0.364. The van der Waals surface area contributed by atoms with Crippen molar-refractivity contribution in [3.8, 4) is 5.75 Å². The van der Waals surface area contributed by atoms with Gasteiger partial charge in [-0.05, 0) is 13.0 Å². The minimum atomic E-state index is -3.98. The van der Waals surface area contributed by atoms with Gasteiger partial charge in [0.2, 0.25) is 0 Å². The second-order valence-corrected chi connectivity index (χ2v) is 5.46. The van der Waals surface area contributed by atoms with Crippen LogP contribution in [0.15, 0.2) is 18.2 Å². The molecule has 1 aliphatic heterocycles. The first-order valence-corrected chi connectivity index (χ1v) is 7.11. The molecule has 0 spiro atoms. The van der Waals surface area contributed by atoms with E-state index in [2.05, 4.69) is 8.37 Å². The Labute approximate surface area is 119 Å². The maximum absolute atomic E-state index is 11.5. The molecule has 1 heterocycles. The Morgan fingerprint density at radius 3 is 2.76 bits per heavy atom. The molecule has 0 amide bonds. The Balaban J connectivity index is 2.13. The minimum Gasteiger partial charge on any atom is -0.490 e. The predicted octanol–water partition coefficient (Wildman–Crippen LogP) is 0.836. The first kappa shape index (κ1) is 15.4. The van der Waals surface area contributed by atoms with E-state index in [1.165, 1.54) is 19.1 Å². The number of ether oxygens (including phenoxy) is 1. The van der Waals surface area contributed by atoms with Crippen molar-refractivity contribution in [3.05, 3.63) is 33.9 Å². The third-order valence-electron chi connectivity index (χ3n) is 2.63. The van der Waals surface area contributed by atoms with Crippen molar-refractivity contribution in [1.82, 2.24) is 0 Å². The largest absolute Gasteiger partial charge is 0.490 e. The average Bonchev–Trinajstić information content (AvgIpc) is 2.75. The highest BCUT2D eigenvalue weighted by Crippen LogP contribution is 2.25. The molecule has 2 rings (SSSR count). The number of hydrogen-bond donors (Lipinski definition) is 0. The molecule has 0 radical (unpaired) electrons. The molecule has 1 aromatic carbocycles. The van der Waals surface area contributed by atoms with Crippen molar-refractivity contribution >= 4 is 21.9 Å². The van der Waals surface area contributed by atoms with Gasteiger partial charge in [0.15, 0.2) is 5.78 Å². The topological polar surface area (TPSA) is 122 Å². The maximum atomic E-state index is 11.5. The Hall–Kier alpha value is -2.04. The summed E-state index contributed by atoms with van der Waals surface area (Å²) in [5.74, 6) is -0.300. The lowest BCUT2D eigenvalue weighted by Crippen LogP contribution is -2.20. The predicted molar refractivity (Wildman–Crippen MR) is 68.3 cm³/mol. The number of benzene rings is 1. The van der Waals surface area contributed by atoms with E-state index in [1.54, 1.807) is 0 Å². The number of rotatable bonds is 5. The van der Waals surface area contributed by atoms with Gasteiger partial charge in [0.25, 0.3) is 5.69 Å². The molecule has 21 heavy (non-hydrogen) atoms. The summed E-state index contributed by atoms with van der Waals surface area (Å²) in [7, 11) is -3.98. The Bertz CT molecular complexity index is 683. The van der Waals surface area contributed by atoms with E-state index in [4.69, 9.17) is 4.74 Å². The fourth-order valence-electron chi connectivity index (χ4n) is 1.67. The van der Waals surface area contributed by atoms with Crippen LogP contribution in [0.25, 0.3) is 0 Å². The SMILES string of the molecule is CC(=O)c1cc([N+](=O)[O-])ccc1OC[C@@H]1COS(=O)(=O)O1. The number of non-ortho nitro benzene ring substituents is 1. The van der Waals surface area contributed by atoms with Crippen LogP contribution in [-0.4, -0.2) is 38.4 Å². The zero-order chi connectivity index (χ0) is 15.6. The zero-order valence-corrected chi connectivity index (χ0v) is 11.7. The fourth-order valence-corrected chi connectivity index (χ4v) is 2.49. The Morgan fingerprint density at radius 1 is 1.52 bits per heavy atom. The zero-order valence-electron chi connectivity index (χ0n) is 10.8. The van der Waals surface area contributed by atoms with Gasteiger partial charge in [-0.15, -0.1) is 0 Å². The van der Waals surface area contributed by atoms with Crippen LogP contribution < -0.4 is 4.74 Å². The van der Waals surface area contributed by atoms with Crippen molar-refractivity contribution in [2.24, 2.45) is 0 Å². The quantitative estimate of drug-likeness (QED) is 0.444. The number of carbonyl (C=O) groups excluding carboxylic acids is 1. The second-order valence-electron chi connectivity index (χ2n) is 4.22. The third kappa shape index (κ3) is 3.74. The van der Waals surface area contributed by atoms with Crippen LogP contribution in [0.4, 0.5) is 5.69 Å². The van der Waals surface area contributed by atoms with Crippen LogP contribution in [0.5, 0.6) is 5.75 Å². The summed E-state index contributed by atoms with van der Waals surface area (Å²) in [6.45, 7) is 0.883. The molecule has 1 fully saturated rings. The molecule has 1 saturated heterocycles. The Morgan fingerprint density at radius 2 is 2.24 bits per heavy atom. The van der Waals surface area contributed by atoms with Crippen molar-refractivity contribution in [2.45, 2.75) is 13.0 Å². The van der Waals surface area contributed by atoms with Gasteiger partial charge in [-0.1, -0.05) is 0 Å². The summed E-state index contributed by atoms with van der Waals surface area (Å²) in [6.07, 6.45) is -0.829. The molecule has 0 aromatic heterocycles. The first-order valence-electron chi connectivity index (χ1n) is 5.78. The molecule has 0 aliphatic carbocycles. The molecular weight excluding hydrogens is 306 g/mol. The molecular formula is C11H11NO8S. The lowest BCUT2D eigenvalue weighted by atomic mass is 10.1. The highest BCUT2D eigenvalue weighted by Gasteiger charge is 2.30. The van der Waals surface area contributed by atoms with Gasteiger partial charge in [-0.2, -0.15) is 8.42 Å². The van der Waals surface area contributed by atoms with Crippen molar-refractivity contribution in [2.75, 3.05) is 13.2 Å². The lowest BCUT2D eigenvalue weighted by molar-refractivity contribution is -0.384. The monoisotopic (exact) mass is 317 g/mol. The van der Waals surface area contributed by atoms with Gasteiger partial charge < -0.3 is 4.74 Å². The van der Waals surface area contributed by atoms with Gasteiger partial charge >= 0.3 is 10.4 Å². The highest BCUT2D eigenvalue weighted by atomic mass is 32.3. The third-order valence-corrected chi connectivity index (χ3v) is 3.56. The number of nitrogens with zero attached hydrogens (tertiary/aromatic N) is 1. The Kier molecular flexibility index (Phi) is 4.21. The number of ketones is 1. The molecule has 9 nitrogen and oxygen atoms in total. The molecule has 1 atom stereocenters.